The smallest absolute Gasteiger partial charge is 0.338 e. The zero-order chi connectivity index (χ0) is 17.4. The first-order valence-electron chi connectivity index (χ1n) is 8.45. The van der Waals surface area contributed by atoms with E-state index >= 15 is 0 Å². The maximum Gasteiger partial charge on any atom is 0.338 e. The summed E-state index contributed by atoms with van der Waals surface area (Å²) < 4.78 is 7.48. The Morgan fingerprint density at radius 1 is 0.920 bits per heavy atom. The van der Waals surface area contributed by atoms with E-state index in [1.54, 1.807) is 0 Å². The zero-order valence-electron chi connectivity index (χ0n) is 14.3. The van der Waals surface area contributed by atoms with Crippen LogP contribution in [0, 0.1) is 0 Å². The van der Waals surface area contributed by atoms with Crippen molar-refractivity contribution in [3.8, 4) is 11.1 Å². The first kappa shape index (κ1) is 15.5. The number of aromatic nitrogens is 1. The van der Waals surface area contributed by atoms with Gasteiger partial charge >= 0.3 is 5.97 Å². The molecule has 0 bridgehead atoms. The molecule has 0 fully saturated rings. The molecule has 0 saturated heterocycles. The summed E-state index contributed by atoms with van der Waals surface area (Å²) in [6, 6.07) is 22.2. The Kier molecular flexibility index (Phi) is 3.77. The highest BCUT2D eigenvalue weighted by molar-refractivity contribution is 6.18. The van der Waals surface area contributed by atoms with Crippen molar-refractivity contribution >= 4 is 27.8 Å². The maximum absolute atomic E-state index is 12.6. The highest BCUT2D eigenvalue weighted by Gasteiger charge is 2.20. The molecule has 4 rings (SSSR count). The summed E-state index contributed by atoms with van der Waals surface area (Å²) in [6.45, 7) is 2.19. The van der Waals surface area contributed by atoms with E-state index in [9.17, 15) is 4.79 Å². The molecule has 0 aliphatic carbocycles. The topological polar surface area (TPSA) is 31.2 Å². The number of nitrogens with zero attached hydrogens (tertiary/aromatic N) is 1. The monoisotopic (exact) mass is 329 g/mol. The van der Waals surface area contributed by atoms with Gasteiger partial charge in [0.2, 0.25) is 0 Å². The van der Waals surface area contributed by atoms with Gasteiger partial charge in [-0.2, -0.15) is 0 Å². The molecule has 1 aromatic heterocycles. The molecule has 25 heavy (non-hydrogen) atoms. The Bertz CT molecular complexity index is 1080. The number of hydrogen-bond donors (Lipinski definition) is 0. The summed E-state index contributed by atoms with van der Waals surface area (Å²) in [5.41, 5.74) is 4.82. The van der Waals surface area contributed by atoms with Gasteiger partial charge in [0.25, 0.3) is 0 Å². The molecule has 0 spiro atoms. The largest absolute Gasteiger partial charge is 0.462 e. The summed E-state index contributed by atoms with van der Waals surface area (Å²) in [5, 5.41) is 2.24. The molecule has 0 radical (unpaired) electrons. The average Bonchev–Trinajstić information content (AvgIpc) is 2.95. The number of fused-ring (bicyclic) bond motifs is 3. The van der Waals surface area contributed by atoms with Gasteiger partial charge in [-0.05, 0) is 30.7 Å². The fraction of sp³-hybridized carbons (Fsp3) is 0.136. The summed E-state index contributed by atoms with van der Waals surface area (Å²) in [7, 11) is 2.06. The Balaban J connectivity index is 2.17. The van der Waals surface area contributed by atoms with E-state index in [1.807, 2.05) is 61.5 Å². The van der Waals surface area contributed by atoms with Gasteiger partial charge in [0.15, 0.2) is 0 Å². The minimum Gasteiger partial charge on any atom is -0.462 e. The number of benzene rings is 3. The van der Waals surface area contributed by atoms with Gasteiger partial charge in [-0.3, -0.25) is 0 Å². The van der Waals surface area contributed by atoms with Gasteiger partial charge in [0, 0.05) is 34.4 Å². The number of carbonyl (C=O) groups is 1. The fourth-order valence-corrected chi connectivity index (χ4v) is 3.53. The number of para-hydroxylation sites is 1. The number of ether oxygens (including phenoxy) is 1. The molecular formula is C22H19NO2. The van der Waals surface area contributed by atoms with Crippen LogP contribution in [0.15, 0.2) is 66.7 Å². The molecule has 0 atom stereocenters. The van der Waals surface area contributed by atoms with Gasteiger partial charge in [-0.15, -0.1) is 0 Å². The lowest BCUT2D eigenvalue weighted by atomic mass is 9.94. The van der Waals surface area contributed by atoms with Crippen LogP contribution in [0.25, 0.3) is 32.9 Å². The second-order valence-corrected chi connectivity index (χ2v) is 6.04. The molecule has 3 nitrogen and oxygen atoms in total. The molecule has 0 saturated carbocycles. The molecule has 0 aliphatic rings. The van der Waals surface area contributed by atoms with Crippen molar-refractivity contribution in [1.29, 1.82) is 0 Å². The van der Waals surface area contributed by atoms with E-state index in [0.29, 0.717) is 12.2 Å². The molecule has 0 aliphatic heterocycles. The Morgan fingerprint density at radius 2 is 1.64 bits per heavy atom. The molecule has 3 heteroatoms. The van der Waals surface area contributed by atoms with Crippen LogP contribution in [0.3, 0.4) is 0 Å². The molecule has 3 aromatic carbocycles. The second-order valence-electron chi connectivity index (χ2n) is 6.04. The van der Waals surface area contributed by atoms with E-state index in [2.05, 4.69) is 23.7 Å². The molecule has 1 heterocycles. The lowest BCUT2D eigenvalue weighted by Gasteiger charge is -2.12. The second kappa shape index (κ2) is 6.10. The van der Waals surface area contributed by atoms with Gasteiger partial charge in [-0.25, -0.2) is 4.79 Å². The quantitative estimate of drug-likeness (QED) is 0.485. The van der Waals surface area contributed by atoms with E-state index in [0.717, 1.165) is 32.9 Å². The minimum atomic E-state index is -0.281. The normalized spacial score (nSPS) is 11.1. The molecule has 124 valence electrons. The lowest BCUT2D eigenvalue weighted by Crippen LogP contribution is -2.07. The summed E-state index contributed by atoms with van der Waals surface area (Å²) in [4.78, 5) is 12.6. The Morgan fingerprint density at radius 3 is 2.40 bits per heavy atom. The SMILES string of the molecule is CCOC(=O)c1ccc2c(c1-c1ccccc1)c1ccccc1n2C. The van der Waals surface area contributed by atoms with Crippen LogP contribution >= 0.6 is 0 Å². The van der Waals surface area contributed by atoms with Crippen LogP contribution in [0.2, 0.25) is 0 Å². The summed E-state index contributed by atoms with van der Waals surface area (Å²) >= 11 is 0. The van der Waals surface area contributed by atoms with Crippen LogP contribution in [-0.2, 0) is 11.8 Å². The number of rotatable bonds is 3. The molecule has 0 unspecified atom stereocenters. The number of esters is 1. The highest BCUT2D eigenvalue weighted by Crippen LogP contribution is 2.38. The van der Waals surface area contributed by atoms with Crippen molar-refractivity contribution in [2.75, 3.05) is 6.61 Å². The number of carbonyl (C=O) groups excluding carboxylic acids is 1. The third kappa shape index (κ3) is 2.40. The first-order valence-corrected chi connectivity index (χ1v) is 8.45. The van der Waals surface area contributed by atoms with Crippen LogP contribution in [-0.4, -0.2) is 17.1 Å². The standard InChI is InChI=1S/C22H19NO2/c1-3-25-22(24)17-13-14-19-21(20(17)15-9-5-4-6-10-15)16-11-7-8-12-18(16)23(19)2/h4-14H,3H2,1-2H3. The predicted octanol–water partition coefficient (Wildman–Crippen LogP) is 5.18. The van der Waals surface area contributed by atoms with Crippen LogP contribution in [0.1, 0.15) is 17.3 Å². The van der Waals surface area contributed by atoms with E-state index in [1.165, 1.54) is 0 Å². The van der Waals surface area contributed by atoms with E-state index in [-0.39, 0.29) is 5.97 Å². The van der Waals surface area contributed by atoms with Crippen LogP contribution in [0.4, 0.5) is 0 Å². The highest BCUT2D eigenvalue weighted by atomic mass is 16.5. The van der Waals surface area contributed by atoms with E-state index < -0.39 is 0 Å². The summed E-state index contributed by atoms with van der Waals surface area (Å²) in [6.07, 6.45) is 0. The van der Waals surface area contributed by atoms with Gasteiger partial charge in [-0.1, -0.05) is 48.5 Å². The van der Waals surface area contributed by atoms with Gasteiger partial charge in [0.1, 0.15) is 0 Å². The Hall–Kier alpha value is -3.07. The number of aryl methyl sites for hydroxylation is 1. The predicted molar refractivity (Wildman–Crippen MR) is 102 cm³/mol. The van der Waals surface area contributed by atoms with Crippen molar-refractivity contribution in [3.63, 3.8) is 0 Å². The van der Waals surface area contributed by atoms with Crippen molar-refractivity contribution in [3.05, 3.63) is 72.3 Å². The molecular weight excluding hydrogens is 310 g/mol. The van der Waals surface area contributed by atoms with Gasteiger partial charge in [0.05, 0.1) is 12.2 Å². The third-order valence-electron chi connectivity index (χ3n) is 4.64. The number of hydrogen-bond acceptors (Lipinski definition) is 2. The van der Waals surface area contributed by atoms with Crippen molar-refractivity contribution in [1.82, 2.24) is 4.57 Å². The lowest BCUT2D eigenvalue weighted by molar-refractivity contribution is 0.0527. The first-order chi connectivity index (χ1) is 12.2. The molecule has 0 N–H and O–H groups in total. The molecule has 4 aromatic rings. The zero-order valence-corrected chi connectivity index (χ0v) is 14.3. The summed E-state index contributed by atoms with van der Waals surface area (Å²) in [5.74, 6) is -0.281. The Labute approximate surface area is 146 Å². The van der Waals surface area contributed by atoms with Crippen molar-refractivity contribution in [2.24, 2.45) is 7.05 Å². The van der Waals surface area contributed by atoms with Crippen LogP contribution < -0.4 is 0 Å². The third-order valence-corrected chi connectivity index (χ3v) is 4.64. The molecule has 0 amide bonds. The average molecular weight is 329 g/mol. The maximum atomic E-state index is 12.6. The van der Waals surface area contributed by atoms with Gasteiger partial charge < -0.3 is 9.30 Å². The minimum absolute atomic E-state index is 0.281. The van der Waals surface area contributed by atoms with E-state index in [4.69, 9.17) is 4.74 Å². The van der Waals surface area contributed by atoms with Crippen LogP contribution in [0.5, 0.6) is 0 Å². The van der Waals surface area contributed by atoms with Crippen molar-refractivity contribution in [2.45, 2.75) is 6.92 Å². The van der Waals surface area contributed by atoms with Crippen molar-refractivity contribution < 1.29 is 9.53 Å². The fourth-order valence-electron chi connectivity index (χ4n) is 3.53.